The first-order valence-electron chi connectivity index (χ1n) is 9.03. The second-order valence-corrected chi connectivity index (χ2v) is 8.71. The van der Waals surface area contributed by atoms with E-state index in [1.54, 1.807) is 0 Å². The summed E-state index contributed by atoms with van der Waals surface area (Å²) in [4.78, 5) is 2.92. The van der Waals surface area contributed by atoms with Crippen molar-refractivity contribution in [2.75, 3.05) is 37.7 Å². The van der Waals surface area contributed by atoms with E-state index in [-0.39, 0.29) is 5.60 Å². The van der Waals surface area contributed by atoms with E-state index >= 15 is 0 Å². The Bertz CT molecular complexity index is 349. The van der Waals surface area contributed by atoms with Gasteiger partial charge in [-0.3, -0.25) is 4.90 Å². The molecular formula is C17H30N2OS. The molecule has 2 unspecified atom stereocenters. The fourth-order valence-electron chi connectivity index (χ4n) is 4.51. The minimum atomic E-state index is 0.245. The van der Waals surface area contributed by atoms with Gasteiger partial charge in [0, 0.05) is 31.0 Å². The van der Waals surface area contributed by atoms with Crippen LogP contribution < -0.4 is 5.32 Å². The summed E-state index contributed by atoms with van der Waals surface area (Å²) in [6.45, 7) is 4.83. The number of rotatable bonds is 4. The Labute approximate surface area is 133 Å². The molecule has 1 aliphatic carbocycles. The van der Waals surface area contributed by atoms with Crippen molar-refractivity contribution in [1.29, 1.82) is 0 Å². The molecule has 4 heteroatoms. The number of piperidine rings is 1. The third-order valence-electron chi connectivity index (χ3n) is 5.95. The van der Waals surface area contributed by atoms with E-state index in [1.807, 2.05) is 0 Å². The molecule has 2 atom stereocenters. The van der Waals surface area contributed by atoms with E-state index < -0.39 is 0 Å². The molecule has 0 amide bonds. The maximum Gasteiger partial charge on any atom is 0.0795 e. The Balaban J connectivity index is 1.40. The van der Waals surface area contributed by atoms with Crippen LogP contribution in [0.15, 0.2) is 0 Å². The zero-order chi connectivity index (χ0) is 14.1. The van der Waals surface area contributed by atoms with Crippen LogP contribution in [0.5, 0.6) is 0 Å². The zero-order valence-electron chi connectivity index (χ0n) is 13.2. The normalized spacial score (nSPS) is 38.4. The fraction of sp³-hybridized carbons (Fsp3) is 1.00. The van der Waals surface area contributed by atoms with Crippen LogP contribution in [0.25, 0.3) is 0 Å². The maximum absolute atomic E-state index is 6.24. The summed E-state index contributed by atoms with van der Waals surface area (Å²) in [6.07, 6.45) is 9.53. The summed E-state index contributed by atoms with van der Waals surface area (Å²) < 4.78 is 6.24. The number of hydrogen-bond acceptors (Lipinski definition) is 4. The minimum absolute atomic E-state index is 0.245. The minimum Gasteiger partial charge on any atom is -0.374 e. The van der Waals surface area contributed by atoms with Crippen LogP contribution in [0.1, 0.15) is 44.9 Å². The number of thioether (sulfide) groups is 1. The Morgan fingerprint density at radius 1 is 1.10 bits per heavy atom. The Hall–Kier alpha value is 0.230. The van der Waals surface area contributed by atoms with E-state index in [2.05, 4.69) is 22.0 Å². The van der Waals surface area contributed by atoms with E-state index in [0.717, 1.165) is 24.6 Å². The molecule has 4 rings (SSSR count). The molecule has 0 bridgehead atoms. The van der Waals surface area contributed by atoms with Gasteiger partial charge in [-0.2, -0.15) is 11.8 Å². The first-order chi connectivity index (χ1) is 10.3. The third kappa shape index (κ3) is 3.44. The molecule has 0 aromatic rings. The molecular weight excluding hydrogens is 280 g/mol. The Morgan fingerprint density at radius 3 is 2.67 bits per heavy atom. The summed E-state index contributed by atoms with van der Waals surface area (Å²) in [5.74, 6) is 3.49. The number of nitrogens with zero attached hydrogens (tertiary/aromatic N) is 1. The summed E-state index contributed by atoms with van der Waals surface area (Å²) >= 11 is 2.10. The van der Waals surface area contributed by atoms with Gasteiger partial charge >= 0.3 is 0 Å². The topological polar surface area (TPSA) is 24.5 Å². The molecule has 4 fully saturated rings. The highest BCUT2D eigenvalue weighted by atomic mass is 32.2. The van der Waals surface area contributed by atoms with Gasteiger partial charge in [-0.05, 0) is 69.7 Å². The van der Waals surface area contributed by atoms with Crippen LogP contribution in [0, 0.1) is 5.92 Å². The second kappa shape index (κ2) is 6.38. The average Bonchev–Trinajstić information content (AvgIpc) is 3.28. The summed E-state index contributed by atoms with van der Waals surface area (Å²) in [5.41, 5.74) is 0.245. The van der Waals surface area contributed by atoms with Crippen molar-refractivity contribution >= 4 is 11.8 Å². The van der Waals surface area contributed by atoms with E-state index in [0.29, 0.717) is 0 Å². The summed E-state index contributed by atoms with van der Waals surface area (Å²) in [6, 6.07) is 1.72. The highest BCUT2D eigenvalue weighted by Gasteiger charge is 2.44. The van der Waals surface area contributed by atoms with Gasteiger partial charge in [0.05, 0.1) is 5.60 Å². The van der Waals surface area contributed by atoms with Crippen LogP contribution in [0.2, 0.25) is 0 Å². The Kier molecular flexibility index (Phi) is 4.50. The molecule has 0 radical (unpaired) electrons. The van der Waals surface area contributed by atoms with Crippen LogP contribution in [-0.2, 0) is 4.74 Å². The SMILES string of the molecule is C1CC(CN(C2CC2)C2CCOC3(CCSC3)C2)CCN1. The molecule has 1 N–H and O–H groups in total. The average molecular weight is 311 g/mol. The van der Waals surface area contributed by atoms with Gasteiger partial charge < -0.3 is 10.1 Å². The molecule has 3 nitrogen and oxygen atoms in total. The summed E-state index contributed by atoms with van der Waals surface area (Å²) in [7, 11) is 0. The highest BCUT2D eigenvalue weighted by molar-refractivity contribution is 7.99. The number of nitrogens with one attached hydrogen (secondary N) is 1. The van der Waals surface area contributed by atoms with Crippen molar-refractivity contribution < 1.29 is 4.74 Å². The predicted molar refractivity (Wildman–Crippen MR) is 89.0 cm³/mol. The van der Waals surface area contributed by atoms with Crippen molar-refractivity contribution in [3.8, 4) is 0 Å². The molecule has 120 valence electrons. The Morgan fingerprint density at radius 2 is 1.95 bits per heavy atom. The monoisotopic (exact) mass is 310 g/mol. The van der Waals surface area contributed by atoms with E-state index in [9.17, 15) is 0 Å². The molecule has 3 aliphatic heterocycles. The van der Waals surface area contributed by atoms with Gasteiger partial charge in [0.25, 0.3) is 0 Å². The van der Waals surface area contributed by atoms with Crippen molar-refractivity contribution in [3.63, 3.8) is 0 Å². The lowest BCUT2D eigenvalue weighted by atomic mass is 9.87. The quantitative estimate of drug-likeness (QED) is 0.862. The standard InChI is InChI=1S/C17H30N2OS/c1-2-15(1)19(12-14-3-7-18-8-4-14)16-5-9-20-17(11-16)6-10-21-13-17/h14-16,18H,1-13H2. The van der Waals surface area contributed by atoms with Gasteiger partial charge in [-0.25, -0.2) is 0 Å². The van der Waals surface area contributed by atoms with Gasteiger partial charge in [0.15, 0.2) is 0 Å². The predicted octanol–water partition coefficient (Wildman–Crippen LogP) is 2.51. The molecule has 3 heterocycles. The summed E-state index contributed by atoms with van der Waals surface area (Å²) in [5, 5.41) is 3.51. The van der Waals surface area contributed by atoms with Crippen LogP contribution in [0.3, 0.4) is 0 Å². The molecule has 3 saturated heterocycles. The second-order valence-electron chi connectivity index (χ2n) is 7.60. The molecule has 1 spiro atoms. The first kappa shape index (κ1) is 14.8. The largest absolute Gasteiger partial charge is 0.374 e. The van der Waals surface area contributed by atoms with E-state index in [4.69, 9.17) is 4.74 Å². The zero-order valence-corrected chi connectivity index (χ0v) is 14.0. The number of hydrogen-bond donors (Lipinski definition) is 1. The lowest BCUT2D eigenvalue weighted by Crippen LogP contribution is -2.51. The smallest absolute Gasteiger partial charge is 0.0795 e. The lowest BCUT2D eigenvalue weighted by molar-refractivity contribution is -0.0928. The van der Waals surface area contributed by atoms with E-state index in [1.165, 1.54) is 76.1 Å². The van der Waals surface area contributed by atoms with Gasteiger partial charge in [0.1, 0.15) is 0 Å². The van der Waals surface area contributed by atoms with Gasteiger partial charge in [0.2, 0.25) is 0 Å². The number of ether oxygens (including phenoxy) is 1. The third-order valence-corrected chi connectivity index (χ3v) is 7.17. The molecule has 0 aromatic carbocycles. The molecule has 1 saturated carbocycles. The van der Waals surface area contributed by atoms with Gasteiger partial charge in [-0.1, -0.05) is 0 Å². The first-order valence-corrected chi connectivity index (χ1v) is 10.2. The van der Waals surface area contributed by atoms with Crippen molar-refractivity contribution in [2.24, 2.45) is 5.92 Å². The fourth-order valence-corrected chi connectivity index (χ4v) is 5.89. The van der Waals surface area contributed by atoms with Gasteiger partial charge in [-0.15, -0.1) is 0 Å². The lowest BCUT2D eigenvalue weighted by Gasteiger charge is -2.44. The van der Waals surface area contributed by atoms with Crippen LogP contribution in [0.4, 0.5) is 0 Å². The van der Waals surface area contributed by atoms with Crippen molar-refractivity contribution in [1.82, 2.24) is 10.2 Å². The highest BCUT2D eigenvalue weighted by Crippen LogP contribution is 2.42. The molecule has 4 aliphatic rings. The van der Waals surface area contributed by atoms with Crippen molar-refractivity contribution in [2.45, 2.75) is 62.6 Å². The van der Waals surface area contributed by atoms with Crippen LogP contribution >= 0.6 is 11.8 Å². The molecule has 21 heavy (non-hydrogen) atoms. The van der Waals surface area contributed by atoms with Crippen LogP contribution in [-0.4, -0.2) is 60.3 Å². The molecule has 0 aromatic heterocycles. The van der Waals surface area contributed by atoms with Crippen molar-refractivity contribution in [3.05, 3.63) is 0 Å². The maximum atomic E-state index is 6.24.